The summed E-state index contributed by atoms with van der Waals surface area (Å²) in [6, 6.07) is 6.45. The summed E-state index contributed by atoms with van der Waals surface area (Å²) in [4.78, 5) is 17.4. The Bertz CT molecular complexity index is 1180. The van der Waals surface area contributed by atoms with Crippen LogP contribution in [0.15, 0.2) is 45.3 Å². The van der Waals surface area contributed by atoms with Gasteiger partial charge in [-0.2, -0.15) is 15.6 Å². The molecule has 4 rings (SSSR count). The minimum Gasteiger partial charge on any atom is -0.489 e. The first-order chi connectivity index (χ1) is 15.3. The fourth-order valence-corrected chi connectivity index (χ4v) is 6.09. The van der Waals surface area contributed by atoms with Crippen molar-refractivity contribution in [1.29, 1.82) is 0 Å². The number of thiazole rings is 1. The van der Waals surface area contributed by atoms with Gasteiger partial charge in [0, 0.05) is 29.4 Å². The maximum atomic E-state index is 13.1. The summed E-state index contributed by atoms with van der Waals surface area (Å²) in [5.74, 6) is -0.0418. The fraction of sp³-hybridized carbons (Fsp3) is 0.333. The maximum Gasteiger partial charge on any atom is 0.275 e. The third-order valence-electron chi connectivity index (χ3n) is 4.67. The van der Waals surface area contributed by atoms with E-state index in [4.69, 9.17) is 9.47 Å². The number of morpholine rings is 1. The largest absolute Gasteiger partial charge is 0.489 e. The minimum absolute atomic E-state index is 0.0862. The SMILES string of the molecule is CC(C)Oc1ccc(S(=O)(=O)N2CCOCC2)cc1NC(=O)c1csc(-c2ccsc2)n1. The number of nitrogens with zero attached hydrogens (tertiary/aromatic N) is 2. The van der Waals surface area contributed by atoms with Gasteiger partial charge in [-0.05, 0) is 43.5 Å². The first-order valence-electron chi connectivity index (χ1n) is 10.0. The van der Waals surface area contributed by atoms with Crippen LogP contribution in [-0.2, 0) is 14.8 Å². The number of anilines is 1. The molecule has 1 fully saturated rings. The number of benzene rings is 1. The molecule has 2 aromatic heterocycles. The van der Waals surface area contributed by atoms with E-state index in [-0.39, 0.29) is 22.4 Å². The first-order valence-corrected chi connectivity index (χ1v) is 13.3. The lowest BCUT2D eigenvalue weighted by atomic mass is 10.2. The Morgan fingerprint density at radius 2 is 2.00 bits per heavy atom. The first kappa shape index (κ1) is 22.9. The summed E-state index contributed by atoms with van der Waals surface area (Å²) in [6.45, 7) is 5.01. The standard InChI is InChI=1S/C21H23N3O5S3/c1-14(2)29-19-4-3-16(32(26,27)24-6-8-28-9-7-24)11-17(19)22-20(25)18-13-31-21(23-18)15-5-10-30-12-15/h3-5,10-14H,6-9H2,1-2H3,(H,22,25). The number of aromatic nitrogens is 1. The highest BCUT2D eigenvalue weighted by Gasteiger charge is 2.27. The van der Waals surface area contributed by atoms with Crippen molar-refractivity contribution in [2.24, 2.45) is 0 Å². The zero-order valence-corrected chi connectivity index (χ0v) is 20.1. The fourth-order valence-electron chi connectivity index (χ4n) is 3.14. The van der Waals surface area contributed by atoms with Gasteiger partial charge in [0.25, 0.3) is 5.91 Å². The summed E-state index contributed by atoms with van der Waals surface area (Å²) in [5, 5.41) is 9.13. The molecule has 1 aromatic carbocycles. The molecule has 8 nitrogen and oxygen atoms in total. The zero-order valence-electron chi connectivity index (χ0n) is 17.6. The summed E-state index contributed by atoms with van der Waals surface area (Å²) in [7, 11) is -3.72. The second-order valence-electron chi connectivity index (χ2n) is 7.35. The van der Waals surface area contributed by atoms with Crippen LogP contribution in [0, 0.1) is 0 Å². The minimum atomic E-state index is -3.72. The molecule has 0 unspecified atom stereocenters. The van der Waals surface area contributed by atoms with Crippen LogP contribution in [0.25, 0.3) is 10.6 Å². The summed E-state index contributed by atoms with van der Waals surface area (Å²) < 4.78 is 38.6. The maximum absolute atomic E-state index is 13.1. The molecule has 170 valence electrons. The van der Waals surface area contributed by atoms with Crippen LogP contribution in [0.3, 0.4) is 0 Å². The number of hydrogen-bond acceptors (Lipinski definition) is 8. The van der Waals surface area contributed by atoms with Crippen LogP contribution in [0.1, 0.15) is 24.3 Å². The summed E-state index contributed by atoms with van der Waals surface area (Å²) >= 11 is 2.94. The van der Waals surface area contributed by atoms with Gasteiger partial charge in [0.1, 0.15) is 16.5 Å². The van der Waals surface area contributed by atoms with Crippen molar-refractivity contribution in [2.45, 2.75) is 24.8 Å². The molecule has 1 N–H and O–H groups in total. The lowest BCUT2D eigenvalue weighted by molar-refractivity contribution is 0.0730. The highest BCUT2D eigenvalue weighted by molar-refractivity contribution is 7.89. The number of sulfonamides is 1. The Morgan fingerprint density at radius 3 is 2.69 bits per heavy atom. The van der Waals surface area contributed by atoms with Crippen molar-refractivity contribution in [1.82, 2.24) is 9.29 Å². The second kappa shape index (κ2) is 9.67. The molecule has 11 heteroatoms. The van der Waals surface area contributed by atoms with Crippen LogP contribution in [-0.4, -0.2) is 56.0 Å². The highest BCUT2D eigenvalue weighted by Crippen LogP contribution is 2.31. The van der Waals surface area contributed by atoms with Gasteiger partial charge in [-0.3, -0.25) is 4.79 Å². The van der Waals surface area contributed by atoms with Gasteiger partial charge in [0.15, 0.2) is 0 Å². The number of carbonyl (C=O) groups excluding carboxylic acids is 1. The average Bonchev–Trinajstić information content (AvgIpc) is 3.47. The van der Waals surface area contributed by atoms with Crippen LogP contribution in [0.5, 0.6) is 5.75 Å². The highest BCUT2D eigenvalue weighted by atomic mass is 32.2. The van der Waals surface area contributed by atoms with E-state index in [2.05, 4.69) is 10.3 Å². The van der Waals surface area contributed by atoms with E-state index < -0.39 is 15.9 Å². The molecule has 3 heterocycles. The molecule has 1 amide bonds. The Morgan fingerprint density at radius 1 is 1.22 bits per heavy atom. The van der Waals surface area contributed by atoms with Gasteiger partial charge in [-0.1, -0.05) is 0 Å². The summed E-state index contributed by atoms with van der Waals surface area (Å²) in [6.07, 6.45) is -0.156. The third-order valence-corrected chi connectivity index (χ3v) is 8.14. The van der Waals surface area contributed by atoms with Crippen LogP contribution < -0.4 is 10.1 Å². The van der Waals surface area contributed by atoms with Gasteiger partial charge in [0.05, 0.1) is 29.9 Å². The van der Waals surface area contributed by atoms with Crippen molar-refractivity contribution in [3.63, 3.8) is 0 Å². The predicted octanol–water partition coefficient (Wildman–Crippen LogP) is 3.93. The van der Waals surface area contributed by atoms with Crippen LogP contribution in [0.4, 0.5) is 5.69 Å². The third kappa shape index (κ3) is 5.02. The van der Waals surface area contributed by atoms with E-state index in [1.54, 1.807) is 22.8 Å². The second-order valence-corrected chi connectivity index (χ2v) is 10.9. The zero-order chi connectivity index (χ0) is 22.7. The van der Waals surface area contributed by atoms with Crippen LogP contribution in [0.2, 0.25) is 0 Å². The molecule has 1 aliphatic rings. The van der Waals surface area contributed by atoms with E-state index in [1.165, 1.54) is 27.8 Å². The smallest absolute Gasteiger partial charge is 0.275 e. The van der Waals surface area contributed by atoms with Gasteiger partial charge >= 0.3 is 0 Å². The van der Waals surface area contributed by atoms with Crippen molar-refractivity contribution >= 4 is 44.3 Å². The van der Waals surface area contributed by atoms with E-state index in [1.807, 2.05) is 30.7 Å². The molecule has 0 atom stereocenters. The van der Waals surface area contributed by atoms with E-state index in [0.29, 0.717) is 32.1 Å². The molecule has 0 aliphatic carbocycles. The predicted molar refractivity (Wildman–Crippen MR) is 125 cm³/mol. The lowest BCUT2D eigenvalue weighted by Crippen LogP contribution is -2.40. The molecule has 0 bridgehead atoms. The van der Waals surface area contributed by atoms with Gasteiger partial charge < -0.3 is 14.8 Å². The topological polar surface area (TPSA) is 97.8 Å². The van der Waals surface area contributed by atoms with Crippen molar-refractivity contribution < 1.29 is 22.7 Å². The van der Waals surface area contributed by atoms with Crippen molar-refractivity contribution in [2.75, 3.05) is 31.6 Å². The van der Waals surface area contributed by atoms with Gasteiger partial charge in [-0.15, -0.1) is 11.3 Å². The number of hydrogen-bond donors (Lipinski definition) is 1. The molecule has 3 aromatic rings. The molecular formula is C21H23N3O5S3. The Kier molecular flexibility index (Phi) is 6.91. The number of rotatable bonds is 7. The number of thiophene rings is 1. The van der Waals surface area contributed by atoms with Crippen LogP contribution >= 0.6 is 22.7 Å². The molecule has 32 heavy (non-hydrogen) atoms. The Labute approximate surface area is 194 Å². The number of ether oxygens (including phenoxy) is 2. The average molecular weight is 494 g/mol. The van der Waals surface area contributed by atoms with E-state index in [0.717, 1.165) is 10.6 Å². The van der Waals surface area contributed by atoms with Gasteiger partial charge in [-0.25, -0.2) is 13.4 Å². The molecule has 1 saturated heterocycles. The quantitative estimate of drug-likeness (QED) is 0.536. The van der Waals surface area contributed by atoms with E-state index in [9.17, 15) is 13.2 Å². The number of nitrogens with one attached hydrogen (secondary N) is 1. The Hall–Kier alpha value is -2.31. The van der Waals surface area contributed by atoms with Gasteiger partial charge in [0.2, 0.25) is 10.0 Å². The molecular weight excluding hydrogens is 470 g/mol. The van der Waals surface area contributed by atoms with Crippen molar-refractivity contribution in [3.05, 3.63) is 46.1 Å². The monoisotopic (exact) mass is 493 g/mol. The number of carbonyl (C=O) groups is 1. The Balaban J connectivity index is 1.62. The summed E-state index contributed by atoms with van der Waals surface area (Å²) in [5.41, 5.74) is 1.50. The molecule has 0 radical (unpaired) electrons. The molecule has 1 aliphatic heterocycles. The normalized spacial score (nSPS) is 15.1. The van der Waals surface area contributed by atoms with Crippen molar-refractivity contribution in [3.8, 4) is 16.3 Å². The lowest BCUT2D eigenvalue weighted by Gasteiger charge is -2.26. The molecule has 0 saturated carbocycles. The molecule has 0 spiro atoms. The number of amides is 1. The van der Waals surface area contributed by atoms with E-state index >= 15 is 0 Å².